The Morgan fingerprint density at radius 3 is 2.75 bits per heavy atom. The topological polar surface area (TPSA) is 90.5 Å². The van der Waals surface area contributed by atoms with Gasteiger partial charge in [-0.15, -0.1) is 0 Å². The smallest absolute Gasteiger partial charge is 0.322 e. The van der Waals surface area contributed by atoms with Gasteiger partial charge in [-0.1, -0.05) is 12.1 Å². The zero-order chi connectivity index (χ0) is 16.9. The number of imide groups is 1. The summed E-state index contributed by atoms with van der Waals surface area (Å²) in [5.41, 5.74) is 2.25. The van der Waals surface area contributed by atoms with Crippen LogP contribution < -0.4 is 20.9 Å². The van der Waals surface area contributed by atoms with Crippen molar-refractivity contribution in [1.82, 2.24) is 16.0 Å². The number of hydrogen-bond donors (Lipinski definition) is 3. The van der Waals surface area contributed by atoms with Crippen LogP contribution in [0.5, 0.6) is 0 Å². The standard InChI is InChI=1S/C17H22N4O3/c22-15(7-6-14-16(23)20-17(24)19-14)18-11-12-4-3-5-13(10-12)21-8-1-2-9-21/h3-5,10,14H,1-2,6-9,11H2,(H,18,22)(H2,19,20,23,24)/t14-/m0/s1. The molecule has 7 nitrogen and oxygen atoms in total. The van der Waals surface area contributed by atoms with Crippen LogP contribution in [0, 0.1) is 0 Å². The second-order valence-electron chi connectivity index (χ2n) is 6.19. The summed E-state index contributed by atoms with van der Waals surface area (Å²) in [7, 11) is 0. The van der Waals surface area contributed by atoms with Crippen LogP contribution in [0.3, 0.4) is 0 Å². The normalized spacial score (nSPS) is 20.0. The number of urea groups is 1. The molecular weight excluding hydrogens is 308 g/mol. The predicted octanol–water partition coefficient (Wildman–Crippen LogP) is 0.891. The molecule has 0 spiro atoms. The van der Waals surface area contributed by atoms with E-state index in [0.717, 1.165) is 18.7 Å². The summed E-state index contributed by atoms with van der Waals surface area (Å²) in [5, 5.41) is 7.51. The van der Waals surface area contributed by atoms with Gasteiger partial charge in [0.2, 0.25) is 5.91 Å². The Morgan fingerprint density at radius 1 is 1.25 bits per heavy atom. The first-order valence-corrected chi connectivity index (χ1v) is 8.34. The van der Waals surface area contributed by atoms with Crippen LogP contribution in [0.1, 0.15) is 31.2 Å². The third kappa shape index (κ3) is 4.04. The number of nitrogens with one attached hydrogen (secondary N) is 3. The highest BCUT2D eigenvalue weighted by atomic mass is 16.2. The van der Waals surface area contributed by atoms with Gasteiger partial charge in [-0.3, -0.25) is 14.9 Å². The van der Waals surface area contributed by atoms with E-state index in [-0.39, 0.29) is 18.2 Å². The van der Waals surface area contributed by atoms with Crippen LogP contribution in [-0.2, 0) is 16.1 Å². The first-order chi connectivity index (χ1) is 11.6. The molecule has 1 aromatic carbocycles. The minimum Gasteiger partial charge on any atom is -0.372 e. The minimum absolute atomic E-state index is 0.129. The molecule has 3 rings (SSSR count). The van der Waals surface area contributed by atoms with Crippen LogP contribution in [0.25, 0.3) is 0 Å². The SMILES string of the molecule is O=C(CC[C@@H]1NC(=O)NC1=O)NCc1cccc(N2CCCC2)c1. The summed E-state index contributed by atoms with van der Waals surface area (Å²) in [6.45, 7) is 2.64. The van der Waals surface area contributed by atoms with E-state index in [2.05, 4.69) is 33.0 Å². The molecule has 4 amide bonds. The van der Waals surface area contributed by atoms with Gasteiger partial charge in [-0.05, 0) is 37.0 Å². The van der Waals surface area contributed by atoms with Crippen molar-refractivity contribution >= 4 is 23.5 Å². The van der Waals surface area contributed by atoms with E-state index in [1.807, 2.05) is 12.1 Å². The second-order valence-corrected chi connectivity index (χ2v) is 6.19. The lowest BCUT2D eigenvalue weighted by atomic mass is 10.1. The quantitative estimate of drug-likeness (QED) is 0.676. The molecule has 0 saturated carbocycles. The number of anilines is 1. The lowest BCUT2D eigenvalue weighted by molar-refractivity contribution is -0.122. The number of carbonyl (C=O) groups is 3. The summed E-state index contributed by atoms with van der Waals surface area (Å²) < 4.78 is 0. The van der Waals surface area contributed by atoms with Crippen molar-refractivity contribution in [2.24, 2.45) is 0 Å². The lowest BCUT2D eigenvalue weighted by Crippen LogP contribution is -2.31. The van der Waals surface area contributed by atoms with Crippen LogP contribution in [0.2, 0.25) is 0 Å². The molecule has 0 aliphatic carbocycles. The predicted molar refractivity (Wildman–Crippen MR) is 89.4 cm³/mol. The molecule has 0 radical (unpaired) electrons. The molecule has 128 valence electrons. The first kappa shape index (κ1) is 16.3. The van der Waals surface area contributed by atoms with Gasteiger partial charge in [0, 0.05) is 31.7 Å². The van der Waals surface area contributed by atoms with Gasteiger partial charge in [-0.25, -0.2) is 4.79 Å². The number of amides is 4. The molecule has 3 N–H and O–H groups in total. The van der Waals surface area contributed by atoms with Crippen molar-refractivity contribution in [2.75, 3.05) is 18.0 Å². The highest BCUT2D eigenvalue weighted by molar-refractivity contribution is 6.04. The van der Waals surface area contributed by atoms with E-state index in [9.17, 15) is 14.4 Å². The van der Waals surface area contributed by atoms with E-state index in [1.54, 1.807) is 0 Å². The van der Waals surface area contributed by atoms with E-state index in [1.165, 1.54) is 18.5 Å². The fraction of sp³-hybridized carbons (Fsp3) is 0.471. The summed E-state index contributed by atoms with van der Waals surface area (Å²) in [5.74, 6) is -0.498. The average molecular weight is 330 g/mol. The van der Waals surface area contributed by atoms with Crippen LogP contribution in [0.4, 0.5) is 10.5 Å². The molecule has 0 aromatic heterocycles. The van der Waals surface area contributed by atoms with Crippen molar-refractivity contribution < 1.29 is 14.4 Å². The monoisotopic (exact) mass is 330 g/mol. The molecule has 2 aliphatic rings. The van der Waals surface area contributed by atoms with Crippen molar-refractivity contribution in [3.63, 3.8) is 0 Å². The Morgan fingerprint density at radius 2 is 2.04 bits per heavy atom. The Labute approximate surface area is 140 Å². The molecule has 7 heteroatoms. The minimum atomic E-state index is -0.609. The number of carbonyl (C=O) groups excluding carboxylic acids is 3. The first-order valence-electron chi connectivity index (χ1n) is 8.34. The maximum absolute atomic E-state index is 11.9. The molecule has 0 unspecified atom stereocenters. The van der Waals surface area contributed by atoms with E-state index >= 15 is 0 Å². The van der Waals surface area contributed by atoms with Gasteiger partial charge in [0.05, 0.1) is 0 Å². The molecule has 2 aliphatic heterocycles. The van der Waals surface area contributed by atoms with Gasteiger partial charge in [-0.2, -0.15) is 0 Å². The molecule has 1 atom stereocenters. The summed E-state index contributed by atoms with van der Waals surface area (Å²) in [6.07, 6.45) is 2.96. The molecule has 2 fully saturated rings. The Hall–Kier alpha value is -2.57. The van der Waals surface area contributed by atoms with Gasteiger partial charge in [0.15, 0.2) is 0 Å². The maximum Gasteiger partial charge on any atom is 0.322 e. The fourth-order valence-corrected chi connectivity index (χ4v) is 3.07. The molecule has 0 bridgehead atoms. The van der Waals surface area contributed by atoms with Crippen LogP contribution >= 0.6 is 0 Å². The van der Waals surface area contributed by atoms with Gasteiger partial charge in [0.25, 0.3) is 5.91 Å². The van der Waals surface area contributed by atoms with Crippen LogP contribution in [0.15, 0.2) is 24.3 Å². The van der Waals surface area contributed by atoms with E-state index in [4.69, 9.17) is 0 Å². The van der Waals surface area contributed by atoms with Crippen molar-refractivity contribution in [3.8, 4) is 0 Å². The molecule has 2 saturated heterocycles. The van der Waals surface area contributed by atoms with Gasteiger partial charge >= 0.3 is 6.03 Å². The number of hydrogen-bond acceptors (Lipinski definition) is 4. The van der Waals surface area contributed by atoms with Crippen molar-refractivity contribution in [3.05, 3.63) is 29.8 Å². The molecule has 24 heavy (non-hydrogen) atoms. The number of benzene rings is 1. The zero-order valence-corrected chi connectivity index (χ0v) is 13.5. The third-order valence-electron chi connectivity index (χ3n) is 4.39. The zero-order valence-electron chi connectivity index (χ0n) is 13.5. The summed E-state index contributed by atoms with van der Waals surface area (Å²) in [6, 6.07) is 7.10. The Kier molecular flexibility index (Phi) is 4.98. The highest BCUT2D eigenvalue weighted by Crippen LogP contribution is 2.21. The van der Waals surface area contributed by atoms with Gasteiger partial charge in [0.1, 0.15) is 6.04 Å². The largest absolute Gasteiger partial charge is 0.372 e. The number of nitrogens with zero attached hydrogens (tertiary/aromatic N) is 1. The van der Waals surface area contributed by atoms with Crippen molar-refractivity contribution in [2.45, 2.75) is 38.3 Å². The summed E-state index contributed by atoms with van der Waals surface area (Å²) >= 11 is 0. The second kappa shape index (κ2) is 7.33. The molecule has 2 heterocycles. The van der Waals surface area contributed by atoms with Gasteiger partial charge < -0.3 is 15.5 Å². The number of rotatable bonds is 6. The molecular formula is C17H22N4O3. The lowest BCUT2D eigenvalue weighted by Gasteiger charge is -2.18. The fourth-order valence-electron chi connectivity index (χ4n) is 3.07. The average Bonchev–Trinajstić information content (AvgIpc) is 3.21. The van der Waals surface area contributed by atoms with Crippen LogP contribution in [-0.4, -0.2) is 37.0 Å². The third-order valence-corrected chi connectivity index (χ3v) is 4.39. The maximum atomic E-state index is 11.9. The van der Waals surface area contributed by atoms with Crippen molar-refractivity contribution in [1.29, 1.82) is 0 Å². The van der Waals surface area contributed by atoms with E-state index < -0.39 is 12.1 Å². The highest BCUT2D eigenvalue weighted by Gasteiger charge is 2.29. The Balaban J connectivity index is 1.45. The Bertz CT molecular complexity index is 640. The van der Waals surface area contributed by atoms with E-state index in [0.29, 0.717) is 13.0 Å². The summed E-state index contributed by atoms with van der Waals surface area (Å²) in [4.78, 5) is 36.7. The molecule has 1 aromatic rings.